The van der Waals surface area contributed by atoms with Crippen LogP contribution in [0.2, 0.25) is 0 Å². The highest BCUT2D eigenvalue weighted by molar-refractivity contribution is 5.81. The summed E-state index contributed by atoms with van der Waals surface area (Å²) in [6.07, 6.45) is 1.13. The van der Waals surface area contributed by atoms with Crippen molar-refractivity contribution in [2.24, 2.45) is 5.41 Å². The first-order valence-electron chi connectivity index (χ1n) is 7.79. The van der Waals surface area contributed by atoms with Crippen molar-refractivity contribution < 1.29 is 14.7 Å². The zero-order valence-electron chi connectivity index (χ0n) is 13.8. The SMILES string of the molecule is CCc1nc2ccccc2n1CC(=O)NCCC(C)(C)C(=O)O. The van der Waals surface area contributed by atoms with Gasteiger partial charge in [-0.25, -0.2) is 4.98 Å². The number of imidazole rings is 1. The lowest BCUT2D eigenvalue weighted by atomic mass is 9.90. The predicted molar refractivity (Wildman–Crippen MR) is 88.2 cm³/mol. The molecular formula is C17H23N3O3. The van der Waals surface area contributed by atoms with Crippen molar-refractivity contribution in [2.75, 3.05) is 6.54 Å². The minimum atomic E-state index is -0.861. The molecule has 2 rings (SSSR count). The molecule has 0 unspecified atom stereocenters. The number of nitrogens with one attached hydrogen (secondary N) is 1. The predicted octanol–water partition coefficient (Wildman–Crippen LogP) is 2.22. The van der Waals surface area contributed by atoms with Gasteiger partial charge < -0.3 is 15.0 Å². The number of hydrogen-bond acceptors (Lipinski definition) is 3. The van der Waals surface area contributed by atoms with Crippen LogP contribution < -0.4 is 5.32 Å². The van der Waals surface area contributed by atoms with Gasteiger partial charge in [0, 0.05) is 13.0 Å². The second kappa shape index (κ2) is 6.81. The number of hydrogen-bond donors (Lipinski definition) is 2. The van der Waals surface area contributed by atoms with E-state index in [-0.39, 0.29) is 12.5 Å². The maximum atomic E-state index is 12.2. The van der Waals surface area contributed by atoms with Crippen molar-refractivity contribution in [3.63, 3.8) is 0 Å². The molecule has 0 aliphatic rings. The number of amides is 1. The minimum absolute atomic E-state index is 0.135. The van der Waals surface area contributed by atoms with Crippen molar-refractivity contribution in [2.45, 2.75) is 40.2 Å². The molecule has 1 amide bonds. The van der Waals surface area contributed by atoms with Crippen LogP contribution in [0.15, 0.2) is 24.3 Å². The highest BCUT2D eigenvalue weighted by atomic mass is 16.4. The molecule has 0 atom stereocenters. The second-order valence-corrected chi connectivity index (χ2v) is 6.25. The summed E-state index contributed by atoms with van der Waals surface area (Å²) in [5.74, 6) is -0.128. The Morgan fingerprint density at radius 1 is 1.30 bits per heavy atom. The molecule has 0 aliphatic carbocycles. The summed E-state index contributed by atoms with van der Waals surface area (Å²) in [7, 11) is 0. The zero-order chi connectivity index (χ0) is 17.0. The Kier molecular flexibility index (Phi) is 5.03. The fourth-order valence-electron chi connectivity index (χ4n) is 2.39. The van der Waals surface area contributed by atoms with Gasteiger partial charge in [0.05, 0.1) is 16.4 Å². The van der Waals surface area contributed by atoms with Gasteiger partial charge in [-0.05, 0) is 32.4 Å². The molecule has 6 heteroatoms. The number of carboxylic acids is 1. The maximum Gasteiger partial charge on any atom is 0.309 e. The maximum absolute atomic E-state index is 12.2. The van der Waals surface area contributed by atoms with Crippen molar-refractivity contribution in [3.8, 4) is 0 Å². The Morgan fingerprint density at radius 2 is 2.00 bits per heavy atom. The summed E-state index contributed by atoms with van der Waals surface area (Å²) in [4.78, 5) is 27.8. The summed E-state index contributed by atoms with van der Waals surface area (Å²) in [5, 5.41) is 11.9. The molecule has 1 aromatic carbocycles. The molecule has 0 radical (unpaired) electrons. The van der Waals surface area contributed by atoms with Gasteiger partial charge in [0.2, 0.25) is 5.91 Å². The average molecular weight is 317 g/mol. The molecule has 1 aromatic heterocycles. The molecule has 2 aromatic rings. The topological polar surface area (TPSA) is 84.2 Å². The molecule has 124 valence electrons. The highest BCUT2D eigenvalue weighted by Gasteiger charge is 2.26. The van der Waals surface area contributed by atoms with Gasteiger partial charge in [0.25, 0.3) is 0 Å². The number of rotatable bonds is 7. The molecule has 0 saturated carbocycles. The smallest absolute Gasteiger partial charge is 0.309 e. The van der Waals surface area contributed by atoms with Crippen LogP contribution >= 0.6 is 0 Å². The zero-order valence-corrected chi connectivity index (χ0v) is 13.8. The lowest BCUT2D eigenvalue weighted by Crippen LogP contribution is -2.33. The van der Waals surface area contributed by atoms with E-state index < -0.39 is 11.4 Å². The fourth-order valence-corrected chi connectivity index (χ4v) is 2.39. The normalized spacial score (nSPS) is 11.6. The Bertz CT molecular complexity index is 719. The molecule has 23 heavy (non-hydrogen) atoms. The molecule has 0 aliphatic heterocycles. The van der Waals surface area contributed by atoms with E-state index in [1.807, 2.05) is 35.8 Å². The van der Waals surface area contributed by atoms with Gasteiger partial charge in [-0.2, -0.15) is 0 Å². The standard InChI is InChI=1S/C17H23N3O3/c1-4-14-19-12-7-5-6-8-13(12)20(14)11-15(21)18-10-9-17(2,3)16(22)23/h5-8H,4,9-11H2,1-3H3,(H,18,21)(H,22,23). The van der Waals surface area contributed by atoms with Crippen LogP contribution in [0.4, 0.5) is 0 Å². The number of para-hydroxylation sites is 2. The summed E-state index contributed by atoms with van der Waals surface area (Å²) in [5.41, 5.74) is 0.971. The van der Waals surface area contributed by atoms with Crippen molar-refractivity contribution in [1.82, 2.24) is 14.9 Å². The summed E-state index contributed by atoms with van der Waals surface area (Å²) < 4.78 is 1.91. The highest BCUT2D eigenvalue weighted by Crippen LogP contribution is 2.19. The number of carbonyl (C=O) groups excluding carboxylic acids is 1. The molecule has 0 fully saturated rings. The number of benzene rings is 1. The number of carbonyl (C=O) groups is 2. The molecule has 0 saturated heterocycles. The molecule has 0 spiro atoms. The van der Waals surface area contributed by atoms with Gasteiger partial charge in [-0.3, -0.25) is 9.59 Å². The molecular weight excluding hydrogens is 294 g/mol. The first kappa shape index (κ1) is 17.0. The van der Waals surface area contributed by atoms with E-state index in [1.165, 1.54) is 0 Å². The molecule has 2 N–H and O–H groups in total. The third-order valence-corrected chi connectivity index (χ3v) is 4.00. The third kappa shape index (κ3) is 3.88. The van der Waals surface area contributed by atoms with Gasteiger partial charge >= 0.3 is 5.97 Å². The largest absolute Gasteiger partial charge is 0.481 e. The number of aryl methyl sites for hydroxylation is 1. The number of fused-ring (bicyclic) bond motifs is 1. The van der Waals surface area contributed by atoms with Crippen LogP contribution in [0.3, 0.4) is 0 Å². The van der Waals surface area contributed by atoms with Crippen LogP contribution in [0, 0.1) is 5.41 Å². The molecule has 6 nitrogen and oxygen atoms in total. The number of aromatic nitrogens is 2. The van der Waals surface area contributed by atoms with Gasteiger partial charge in [-0.1, -0.05) is 19.1 Å². The molecule has 0 bridgehead atoms. The van der Waals surface area contributed by atoms with Crippen molar-refractivity contribution in [3.05, 3.63) is 30.1 Å². The van der Waals surface area contributed by atoms with Gasteiger partial charge in [-0.15, -0.1) is 0 Å². The van der Waals surface area contributed by atoms with E-state index in [1.54, 1.807) is 13.8 Å². The number of nitrogens with zero attached hydrogens (tertiary/aromatic N) is 2. The monoisotopic (exact) mass is 317 g/mol. The summed E-state index contributed by atoms with van der Waals surface area (Å²) >= 11 is 0. The first-order valence-corrected chi connectivity index (χ1v) is 7.79. The van der Waals surface area contributed by atoms with Crippen LogP contribution in [0.25, 0.3) is 11.0 Å². The van der Waals surface area contributed by atoms with Crippen LogP contribution in [0.5, 0.6) is 0 Å². The number of carboxylic acid groups (broad SMARTS) is 1. The third-order valence-electron chi connectivity index (χ3n) is 4.00. The van der Waals surface area contributed by atoms with E-state index in [0.717, 1.165) is 23.3 Å². The Hall–Kier alpha value is -2.37. The summed E-state index contributed by atoms with van der Waals surface area (Å²) in [6, 6.07) is 7.72. The lowest BCUT2D eigenvalue weighted by Gasteiger charge is -2.19. The van der Waals surface area contributed by atoms with Crippen molar-refractivity contribution >= 4 is 22.9 Å². The first-order chi connectivity index (χ1) is 10.8. The quantitative estimate of drug-likeness (QED) is 0.820. The lowest BCUT2D eigenvalue weighted by molar-refractivity contribution is -0.147. The van der Waals surface area contributed by atoms with Gasteiger partial charge in [0.1, 0.15) is 12.4 Å². The summed E-state index contributed by atoms with van der Waals surface area (Å²) in [6.45, 7) is 5.84. The van der Waals surface area contributed by atoms with Crippen LogP contribution in [-0.4, -0.2) is 33.1 Å². The molecule has 1 heterocycles. The average Bonchev–Trinajstić information content (AvgIpc) is 2.85. The fraction of sp³-hybridized carbons (Fsp3) is 0.471. The van der Waals surface area contributed by atoms with E-state index in [9.17, 15) is 9.59 Å². The Balaban J connectivity index is 2.02. The van der Waals surface area contributed by atoms with E-state index in [2.05, 4.69) is 10.3 Å². The van der Waals surface area contributed by atoms with Crippen LogP contribution in [-0.2, 0) is 22.6 Å². The Morgan fingerprint density at radius 3 is 2.65 bits per heavy atom. The second-order valence-electron chi connectivity index (χ2n) is 6.25. The van der Waals surface area contributed by atoms with E-state index in [4.69, 9.17) is 5.11 Å². The number of aliphatic carboxylic acids is 1. The van der Waals surface area contributed by atoms with Crippen molar-refractivity contribution in [1.29, 1.82) is 0 Å². The van der Waals surface area contributed by atoms with E-state index >= 15 is 0 Å². The van der Waals surface area contributed by atoms with E-state index in [0.29, 0.717) is 13.0 Å². The minimum Gasteiger partial charge on any atom is -0.481 e. The van der Waals surface area contributed by atoms with Gasteiger partial charge in [0.15, 0.2) is 0 Å². The van der Waals surface area contributed by atoms with Crippen LogP contribution in [0.1, 0.15) is 33.0 Å². The Labute approximate surface area is 135 Å².